The monoisotopic (exact) mass is 331 g/mol. The molecule has 1 amide bonds. The molecule has 0 bridgehead atoms. The number of carbonyl (C=O) groups excluding carboxylic acids is 1. The molecular formula is C16H20F3NOS. The first kappa shape index (κ1) is 15.8. The average Bonchev–Trinajstić information content (AvgIpc) is 2.90. The summed E-state index contributed by atoms with van der Waals surface area (Å²) in [7, 11) is 0. The number of thiophene rings is 1. The normalized spacial score (nSPS) is 25.6. The Morgan fingerprint density at radius 3 is 2.73 bits per heavy atom. The molecule has 0 radical (unpaired) electrons. The zero-order chi connectivity index (χ0) is 15.7. The van der Waals surface area contributed by atoms with E-state index in [4.69, 9.17) is 0 Å². The highest BCUT2D eigenvalue weighted by Crippen LogP contribution is 2.38. The Kier molecular flexibility index (Phi) is 4.48. The standard InChI is InChI=1S/C16H20F3NOS/c17-16(18,19)10-4-3-5-11(8-10)20-15(21)13-9-22-14-7-2-1-6-12(13)14/h9-11H,1-8H2,(H,20,21)/t10-,11-/m1/s1. The highest BCUT2D eigenvalue weighted by atomic mass is 32.1. The lowest BCUT2D eigenvalue weighted by Gasteiger charge is -2.31. The van der Waals surface area contributed by atoms with Crippen LogP contribution in [0, 0.1) is 5.92 Å². The van der Waals surface area contributed by atoms with Gasteiger partial charge >= 0.3 is 6.18 Å². The van der Waals surface area contributed by atoms with E-state index in [1.54, 1.807) is 11.3 Å². The van der Waals surface area contributed by atoms with Crippen LogP contribution in [0.3, 0.4) is 0 Å². The number of halogens is 3. The van der Waals surface area contributed by atoms with Gasteiger partial charge < -0.3 is 5.32 Å². The molecule has 1 N–H and O–H groups in total. The van der Waals surface area contributed by atoms with E-state index in [1.807, 2.05) is 5.38 Å². The van der Waals surface area contributed by atoms with E-state index < -0.39 is 12.1 Å². The van der Waals surface area contributed by atoms with Gasteiger partial charge in [-0.05, 0) is 50.5 Å². The Balaban J connectivity index is 1.65. The van der Waals surface area contributed by atoms with Gasteiger partial charge in [0.1, 0.15) is 0 Å². The number of amides is 1. The molecule has 2 atom stereocenters. The summed E-state index contributed by atoms with van der Waals surface area (Å²) in [6.45, 7) is 0. The van der Waals surface area contributed by atoms with Crippen LogP contribution in [0.4, 0.5) is 13.2 Å². The Morgan fingerprint density at radius 2 is 1.95 bits per heavy atom. The highest BCUT2D eigenvalue weighted by Gasteiger charge is 2.42. The minimum atomic E-state index is -4.15. The van der Waals surface area contributed by atoms with Gasteiger partial charge in [0.15, 0.2) is 0 Å². The van der Waals surface area contributed by atoms with Crippen LogP contribution in [-0.2, 0) is 12.8 Å². The van der Waals surface area contributed by atoms with Crippen LogP contribution in [0.1, 0.15) is 59.3 Å². The number of fused-ring (bicyclic) bond motifs is 1. The summed E-state index contributed by atoms with van der Waals surface area (Å²) in [6.07, 6.45) is 1.40. The Morgan fingerprint density at radius 1 is 1.18 bits per heavy atom. The van der Waals surface area contributed by atoms with Crippen molar-refractivity contribution in [3.63, 3.8) is 0 Å². The number of aryl methyl sites for hydroxylation is 1. The average molecular weight is 331 g/mol. The van der Waals surface area contributed by atoms with Crippen LogP contribution < -0.4 is 5.32 Å². The van der Waals surface area contributed by atoms with E-state index in [2.05, 4.69) is 5.32 Å². The molecule has 0 aromatic carbocycles. The summed E-state index contributed by atoms with van der Waals surface area (Å²) in [6, 6.07) is -0.355. The van der Waals surface area contributed by atoms with Gasteiger partial charge in [-0.2, -0.15) is 13.2 Å². The smallest absolute Gasteiger partial charge is 0.349 e. The summed E-state index contributed by atoms with van der Waals surface area (Å²) in [5.74, 6) is -1.46. The molecule has 1 saturated carbocycles. The molecule has 1 heterocycles. The van der Waals surface area contributed by atoms with Crippen molar-refractivity contribution in [1.82, 2.24) is 5.32 Å². The van der Waals surface area contributed by atoms with E-state index in [0.29, 0.717) is 18.4 Å². The Hall–Kier alpha value is -1.04. The van der Waals surface area contributed by atoms with Crippen molar-refractivity contribution in [1.29, 1.82) is 0 Å². The summed E-state index contributed by atoms with van der Waals surface area (Å²) in [5, 5.41) is 4.71. The molecule has 2 aliphatic rings. The lowest BCUT2D eigenvalue weighted by molar-refractivity contribution is -0.183. The van der Waals surface area contributed by atoms with Crippen LogP contribution in [0.5, 0.6) is 0 Å². The van der Waals surface area contributed by atoms with Gasteiger partial charge in [-0.15, -0.1) is 11.3 Å². The predicted octanol–water partition coefficient (Wildman–Crippen LogP) is 4.48. The lowest BCUT2D eigenvalue weighted by atomic mass is 9.85. The van der Waals surface area contributed by atoms with E-state index in [9.17, 15) is 18.0 Å². The molecule has 0 unspecified atom stereocenters. The van der Waals surface area contributed by atoms with Crippen LogP contribution >= 0.6 is 11.3 Å². The SMILES string of the molecule is O=C(N[C@@H]1CCC[C@@H](C(F)(F)F)C1)c1csc2c1CCCC2. The first-order valence-electron chi connectivity index (χ1n) is 7.92. The van der Waals surface area contributed by atoms with Crippen LogP contribution in [0.15, 0.2) is 5.38 Å². The molecule has 122 valence electrons. The van der Waals surface area contributed by atoms with Gasteiger partial charge in [0, 0.05) is 16.3 Å². The molecule has 3 rings (SSSR count). The fraction of sp³-hybridized carbons (Fsp3) is 0.688. The molecule has 0 aliphatic heterocycles. The van der Waals surface area contributed by atoms with Crippen LogP contribution in [0.2, 0.25) is 0 Å². The summed E-state index contributed by atoms with van der Waals surface area (Å²) >= 11 is 1.61. The minimum absolute atomic E-state index is 0.0154. The second-order valence-electron chi connectivity index (χ2n) is 6.33. The summed E-state index contributed by atoms with van der Waals surface area (Å²) in [4.78, 5) is 13.7. The third-order valence-corrected chi connectivity index (χ3v) is 5.87. The van der Waals surface area contributed by atoms with Gasteiger partial charge in [0.25, 0.3) is 5.91 Å². The minimum Gasteiger partial charge on any atom is -0.349 e. The first-order valence-corrected chi connectivity index (χ1v) is 8.80. The van der Waals surface area contributed by atoms with E-state index >= 15 is 0 Å². The van der Waals surface area contributed by atoms with Crippen LogP contribution in [-0.4, -0.2) is 18.1 Å². The molecule has 1 aromatic heterocycles. The second kappa shape index (κ2) is 6.22. The zero-order valence-corrected chi connectivity index (χ0v) is 13.2. The second-order valence-corrected chi connectivity index (χ2v) is 7.30. The van der Waals surface area contributed by atoms with Gasteiger partial charge in [0.2, 0.25) is 0 Å². The third kappa shape index (κ3) is 3.31. The number of rotatable bonds is 2. The molecule has 0 spiro atoms. The third-order valence-electron chi connectivity index (χ3n) is 4.78. The molecule has 0 saturated heterocycles. The first-order chi connectivity index (χ1) is 10.4. The van der Waals surface area contributed by atoms with Crippen molar-refractivity contribution < 1.29 is 18.0 Å². The number of hydrogen-bond acceptors (Lipinski definition) is 2. The Bertz CT molecular complexity index is 552. The quantitative estimate of drug-likeness (QED) is 0.851. The summed E-state index contributed by atoms with van der Waals surface area (Å²) < 4.78 is 38.5. The molecule has 1 fully saturated rings. The van der Waals surface area contributed by atoms with Crippen molar-refractivity contribution in [3.05, 3.63) is 21.4 Å². The lowest BCUT2D eigenvalue weighted by Crippen LogP contribution is -2.41. The number of alkyl halides is 3. The van der Waals surface area contributed by atoms with Gasteiger partial charge in [0.05, 0.1) is 11.5 Å². The van der Waals surface area contributed by atoms with E-state index in [1.165, 1.54) is 4.88 Å². The van der Waals surface area contributed by atoms with E-state index in [0.717, 1.165) is 31.2 Å². The molecule has 2 aliphatic carbocycles. The van der Waals surface area contributed by atoms with Gasteiger partial charge in [-0.25, -0.2) is 0 Å². The van der Waals surface area contributed by atoms with Crippen molar-refractivity contribution in [2.45, 2.75) is 63.6 Å². The van der Waals surface area contributed by atoms with E-state index in [-0.39, 0.29) is 24.8 Å². The Labute approximate surface area is 132 Å². The van der Waals surface area contributed by atoms with Gasteiger partial charge in [-0.1, -0.05) is 6.42 Å². The zero-order valence-electron chi connectivity index (χ0n) is 12.3. The fourth-order valence-corrected chi connectivity index (χ4v) is 4.69. The topological polar surface area (TPSA) is 29.1 Å². The molecule has 6 heteroatoms. The van der Waals surface area contributed by atoms with Crippen molar-refractivity contribution in [2.75, 3.05) is 0 Å². The molecular weight excluding hydrogens is 311 g/mol. The van der Waals surface area contributed by atoms with Crippen molar-refractivity contribution in [2.24, 2.45) is 5.92 Å². The fourth-order valence-electron chi connectivity index (χ4n) is 3.57. The molecule has 2 nitrogen and oxygen atoms in total. The maximum Gasteiger partial charge on any atom is 0.391 e. The number of hydrogen-bond donors (Lipinski definition) is 1. The van der Waals surface area contributed by atoms with Crippen molar-refractivity contribution in [3.8, 4) is 0 Å². The maximum absolute atomic E-state index is 12.8. The summed E-state index contributed by atoms with van der Waals surface area (Å²) in [5.41, 5.74) is 1.81. The molecule has 22 heavy (non-hydrogen) atoms. The highest BCUT2D eigenvalue weighted by molar-refractivity contribution is 7.10. The predicted molar refractivity (Wildman–Crippen MR) is 80.2 cm³/mol. The maximum atomic E-state index is 12.8. The van der Waals surface area contributed by atoms with Crippen molar-refractivity contribution >= 4 is 17.2 Å². The van der Waals surface area contributed by atoms with Gasteiger partial charge in [-0.3, -0.25) is 4.79 Å². The van der Waals surface area contributed by atoms with Crippen LogP contribution in [0.25, 0.3) is 0 Å². The largest absolute Gasteiger partial charge is 0.391 e. The number of carbonyl (C=O) groups is 1. The number of nitrogens with one attached hydrogen (secondary N) is 1. The molecule has 1 aromatic rings.